The highest BCUT2D eigenvalue weighted by atomic mass is 19.4. The lowest BCUT2D eigenvalue weighted by molar-refractivity contribution is -0.137. The van der Waals surface area contributed by atoms with Crippen molar-refractivity contribution in [3.05, 3.63) is 52.6 Å². The Kier molecular flexibility index (Phi) is 5.25. The van der Waals surface area contributed by atoms with Crippen molar-refractivity contribution in [1.29, 1.82) is 0 Å². The van der Waals surface area contributed by atoms with Gasteiger partial charge in [0.25, 0.3) is 0 Å². The SMILES string of the molecule is O=C(O)c1cc2n(n1)CCCN(C(=O)OCc1cc(F)cc(C(F)(F)F)c1)C2. The minimum absolute atomic E-state index is 0.0378. The summed E-state index contributed by atoms with van der Waals surface area (Å²) in [7, 11) is 0. The number of ether oxygens (including phenoxy) is 1. The number of fused-ring (bicyclic) bond motifs is 1. The fourth-order valence-corrected chi connectivity index (χ4v) is 2.86. The lowest BCUT2D eigenvalue weighted by atomic mass is 10.1. The van der Waals surface area contributed by atoms with Crippen LogP contribution in [0.4, 0.5) is 22.4 Å². The molecule has 1 aromatic heterocycles. The maximum absolute atomic E-state index is 13.4. The highest BCUT2D eigenvalue weighted by Gasteiger charge is 2.31. The van der Waals surface area contributed by atoms with E-state index >= 15 is 0 Å². The molecule has 1 aliphatic rings. The Bertz CT molecular complexity index is 910. The fraction of sp³-hybridized carbons (Fsp3) is 0.353. The van der Waals surface area contributed by atoms with Crippen LogP contribution in [0.3, 0.4) is 0 Å². The number of aromatic carboxylic acids is 1. The first kappa shape index (κ1) is 19.6. The first-order valence-corrected chi connectivity index (χ1v) is 8.22. The summed E-state index contributed by atoms with van der Waals surface area (Å²) in [6.07, 6.45) is -5.03. The van der Waals surface area contributed by atoms with E-state index in [-0.39, 0.29) is 17.8 Å². The molecule has 0 aliphatic carbocycles. The van der Waals surface area contributed by atoms with Crippen LogP contribution in [0.5, 0.6) is 0 Å². The number of carboxylic acid groups (broad SMARTS) is 1. The minimum Gasteiger partial charge on any atom is -0.476 e. The molecule has 28 heavy (non-hydrogen) atoms. The molecule has 1 N–H and O–H groups in total. The van der Waals surface area contributed by atoms with Gasteiger partial charge in [-0.05, 0) is 36.2 Å². The predicted molar refractivity (Wildman–Crippen MR) is 85.8 cm³/mol. The molecular weight excluding hydrogens is 386 g/mol. The van der Waals surface area contributed by atoms with Gasteiger partial charge in [-0.1, -0.05) is 0 Å². The number of carbonyl (C=O) groups excluding carboxylic acids is 1. The molecule has 2 aromatic rings. The molecule has 3 rings (SSSR count). The molecule has 7 nitrogen and oxygen atoms in total. The van der Waals surface area contributed by atoms with E-state index in [2.05, 4.69) is 5.10 Å². The van der Waals surface area contributed by atoms with Crippen LogP contribution in [-0.2, 0) is 30.6 Å². The highest BCUT2D eigenvalue weighted by molar-refractivity contribution is 5.85. The second-order valence-electron chi connectivity index (χ2n) is 6.22. The van der Waals surface area contributed by atoms with Crippen LogP contribution < -0.4 is 0 Å². The molecule has 0 saturated heterocycles. The summed E-state index contributed by atoms with van der Waals surface area (Å²) in [6.45, 7) is 0.207. The van der Waals surface area contributed by atoms with E-state index in [1.807, 2.05) is 0 Å². The van der Waals surface area contributed by atoms with Crippen molar-refractivity contribution in [3.8, 4) is 0 Å². The molecule has 1 amide bonds. The summed E-state index contributed by atoms with van der Waals surface area (Å²) in [5, 5.41) is 12.9. The third-order valence-corrected chi connectivity index (χ3v) is 4.14. The van der Waals surface area contributed by atoms with Crippen LogP contribution in [0.15, 0.2) is 24.3 Å². The number of carbonyl (C=O) groups is 2. The van der Waals surface area contributed by atoms with E-state index in [0.717, 1.165) is 6.07 Å². The zero-order valence-electron chi connectivity index (χ0n) is 14.4. The Morgan fingerprint density at radius 2 is 1.93 bits per heavy atom. The van der Waals surface area contributed by atoms with Gasteiger partial charge in [-0.2, -0.15) is 18.3 Å². The number of aryl methyl sites for hydroxylation is 1. The number of nitrogens with zero attached hydrogens (tertiary/aromatic N) is 3. The van der Waals surface area contributed by atoms with E-state index in [9.17, 15) is 27.2 Å². The number of amides is 1. The van der Waals surface area contributed by atoms with Crippen molar-refractivity contribution in [2.45, 2.75) is 32.3 Å². The van der Waals surface area contributed by atoms with Gasteiger partial charge in [0.1, 0.15) is 12.4 Å². The van der Waals surface area contributed by atoms with E-state index < -0.39 is 36.2 Å². The molecule has 0 bridgehead atoms. The molecule has 11 heteroatoms. The maximum atomic E-state index is 13.4. The van der Waals surface area contributed by atoms with Crippen molar-refractivity contribution in [1.82, 2.24) is 14.7 Å². The van der Waals surface area contributed by atoms with Gasteiger partial charge < -0.3 is 14.7 Å². The van der Waals surface area contributed by atoms with Crippen LogP contribution >= 0.6 is 0 Å². The number of carboxylic acids is 1. The molecular formula is C17H15F4N3O4. The van der Waals surface area contributed by atoms with Gasteiger partial charge >= 0.3 is 18.2 Å². The average molecular weight is 401 g/mol. The lowest BCUT2D eigenvalue weighted by Crippen LogP contribution is -2.31. The minimum atomic E-state index is -4.72. The second kappa shape index (κ2) is 7.49. The van der Waals surface area contributed by atoms with Gasteiger partial charge in [0.15, 0.2) is 5.69 Å². The number of hydrogen-bond acceptors (Lipinski definition) is 4. The Hall–Kier alpha value is -3.11. The van der Waals surface area contributed by atoms with Gasteiger partial charge in [-0.25, -0.2) is 14.0 Å². The normalized spacial score (nSPS) is 14.4. The van der Waals surface area contributed by atoms with Crippen molar-refractivity contribution in [2.24, 2.45) is 0 Å². The summed E-state index contributed by atoms with van der Waals surface area (Å²) < 4.78 is 58.2. The number of rotatable bonds is 3. The number of halogens is 4. The van der Waals surface area contributed by atoms with Gasteiger partial charge in [-0.15, -0.1) is 0 Å². The average Bonchev–Trinajstić information content (AvgIpc) is 2.90. The largest absolute Gasteiger partial charge is 0.476 e. The standard InChI is InChI=1S/C17H15F4N3O4/c18-12-5-10(4-11(6-12)17(19,20)21)9-28-16(27)23-2-1-3-24-13(8-23)7-14(22-24)15(25)26/h4-7H,1-3,8-9H2,(H,25,26). The topological polar surface area (TPSA) is 84.7 Å². The molecule has 1 aliphatic heterocycles. The van der Waals surface area contributed by atoms with Crippen molar-refractivity contribution >= 4 is 12.1 Å². The smallest absolute Gasteiger partial charge is 0.416 e. The number of aromatic nitrogens is 2. The highest BCUT2D eigenvalue weighted by Crippen LogP contribution is 2.30. The maximum Gasteiger partial charge on any atom is 0.416 e. The molecule has 0 spiro atoms. The first-order chi connectivity index (χ1) is 13.1. The summed E-state index contributed by atoms with van der Waals surface area (Å²) in [5.41, 5.74) is -0.950. The Morgan fingerprint density at radius 1 is 1.18 bits per heavy atom. The van der Waals surface area contributed by atoms with Crippen LogP contribution in [0.2, 0.25) is 0 Å². The van der Waals surface area contributed by atoms with Crippen LogP contribution in [0.25, 0.3) is 0 Å². The van der Waals surface area contributed by atoms with Gasteiger partial charge in [0.2, 0.25) is 0 Å². The summed E-state index contributed by atoms with van der Waals surface area (Å²) in [4.78, 5) is 24.6. The zero-order chi connectivity index (χ0) is 20.5. The summed E-state index contributed by atoms with van der Waals surface area (Å²) in [6, 6.07) is 3.28. The molecule has 150 valence electrons. The van der Waals surface area contributed by atoms with Gasteiger partial charge in [0, 0.05) is 13.1 Å². The Balaban J connectivity index is 1.68. The van der Waals surface area contributed by atoms with Crippen molar-refractivity contribution < 1.29 is 37.0 Å². The molecule has 0 unspecified atom stereocenters. The van der Waals surface area contributed by atoms with Crippen LogP contribution in [0.1, 0.15) is 33.7 Å². The van der Waals surface area contributed by atoms with Crippen molar-refractivity contribution in [2.75, 3.05) is 6.54 Å². The quantitative estimate of drug-likeness (QED) is 0.798. The van der Waals surface area contributed by atoms with Gasteiger partial charge in [-0.3, -0.25) is 4.68 Å². The van der Waals surface area contributed by atoms with Gasteiger partial charge in [0.05, 0.1) is 17.8 Å². The van der Waals surface area contributed by atoms with E-state index in [1.165, 1.54) is 15.6 Å². The molecule has 0 atom stereocenters. The van der Waals surface area contributed by atoms with E-state index in [1.54, 1.807) is 0 Å². The summed E-state index contributed by atoms with van der Waals surface area (Å²) in [5.74, 6) is -2.28. The first-order valence-electron chi connectivity index (χ1n) is 8.22. The number of alkyl halides is 3. The van der Waals surface area contributed by atoms with E-state index in [0.29, 0.717) is 37.3 Å². The van der Waals surface area contributed by atoms with Crippen LogP contribution in [-0.4, -0.2) is 38.4 Å². The Morgan fingerprint density at radius 3 is 2.61 bits per heavy atom. The third kappa shape index (κ3) is 4.41. The summed E-state index contributed by atoms with van der Waals surface area (Å²) >= 11 is 0. The molecule has 2 heterocycles. The number of hydrogen-bond donors (Lipinski definition) is 1. The van der Waals surface area contributed by atoms with E-state index in [4.69, 9.17) is 9.84 Å². The molecule has 0 radical (unpaired) electrons. The monoisotopic (exact) mass is 401 g/mol. The molecule has 0 saturated carbocycles. The zero-order valence-corrected chi connectivity index (χ0v) is 14.4. The third-order valence-electron chi connectivity index (χ3n) is 4.14. The fourth-order valence-electron chi connectivity index (χ4n) is 2.86. The van der Waals surface area contributed by atoms with Crippen molar-refractivity contribution in [3.63, 3.8) is 0 Å². The Labute approximate surface area is 156 Å². The molecule has 1 aromatic carbocycles. The predicted octanol–water partition coefficient (Wildman–Crippen LogP) is 3.28. The lowest BCUT2D eigenvalue weighted by Gasteiger charge is -2.19. The van der Waals surface area contributed by atoms with Crippen LogP contribution in [0, 0.1) is 5.82 Å². The second-order valence-corrected chi connectivity index (χ2v) is 6.22. The molecule has 0 fully saturated rings. The number of benzene rings is 1.